The number of para-hydroxylation sites is 1. The largest absolute Gasteiger partial charge is 0.352 e. The Labute approximate surface area is 163 Å². The van der Waals surface area contributed by atoms with E-state index < -0.39 is 5.91 Å². The van der Waals surface area contributed by atoms with Gasteiger partial charge in [-0.2, -0.15) is 0 Å². The third-order valence-electron chi connectivity index (χ3n) is 4.49. The minimum atomic E-state index is -0.412. The van der Waals surface area contributed by atoms with E-state index in [4.69, 9.17) is 11.6 Å². The Morgan fingerprint density at radius 3 is 2.74 bits per heavy atom. The van der Waals surface area contributed by atoms with Crippen LogP contribution in [0.1, 0.15) is 53.0 Å². The summed E-state index contributed by atoms with van der Waals surface area (Å²) in [5, 5.41) is 6.06. The van der Waals surface area contributed by atoms with Crippen LogP contribution in [-0.4, -0.2) is 23.3 Å². The van der Waals surface area contributed by atoms with Crippen LogP contribution in [0.4, 0.5) is 5.69 Å². The molecule has 0 atom stereocenters. The van der Waals surface area contributed by atoms with Gasteiger partial charge in [0.1, 0.15) is 5.69 Å². The number of allylic oxidation sites excluding steroid dienone is 1. The Kier molecular flexibility index (Phi) is 6.60. The number of pyridine rings is 1. The monoisotopic (exact) mass is 383 g/mol. The Balaban J connectivity index is 1.59. The average molecular weight is 384 g/mol. The molecule has 5 nitrogen and oxygen atoms in total. The Morgan fingerprint density at radius 1 is 1.11 bits per heavy atom. The molecule has 0 saturated heterocycles. The van der Waals surface area contributed by atoms with Crippen molar-refractivity contribution < 1.29 is 9.59 Å². The molecule has 2 N–H and O–H groups in total. The second kappa shape index (κ2) is 9.33. The lowest BCUT2D eigenvalue weighted by Gasteiger charge is -2.13. The van der Waals surface area contributed by atoms with Crippen LogP contribution in [0, 0.1) is 0 Å². The molecule has 140 valence electrons. The van der Waals surface area contributed by atoms with Crippen LogP contribution in [0.25, 0.3) is 0 Å². The van der Waals surface area contributed by atoms with Crippen molar-refractivity contribution >= 4 is 29.1 Å². The number of aromatic nitrogens is 1. The van der Waals surface area contributed by atoms with E-state index in [1.54, 1.807) is 30.3 Å². The molecule has 0 saturated carbocycles. The molecule has 6 heteroatoms. The summed E-state index contributed by atoms with van der Waals surface area (Å²) in [7, 11) is 0. The quantitative estimate of drug-likeness (QED) is 0.715. The van der Waals surface area contributed by atoms with Gasteiger partial charge in [-0.05, 0) is 56.4 Å². The van der Waals surface area contributed by atoms with Crippen molar-refractivity contribution in [3.63, 3.8) is 0 Å². The summed E-state index contributed by atoms with van der Waals surface area (Å²) < 4.78 is 0. The maximum atomic E-state index is 12.4. The molecule has 2 amide bonds. The predicted molar refractivity (Wildman–Crippen MR) is 107 cm³/mol. The molecule has 3 rings (SSSR count). The van der Waals surface area contributed by atoms with Gasteiger partial charge in [-0.25, -0.2) is 0 Å². The number of carbonyl (C=O) groups is 2. The molecule has 1 aliphatic rings. The molecule has 0 fully saturated rings. The van der Waals surface area contributed by atoms with E-state index >= 15 is 0 Å². The van der Waals surface area contributed by atoms with Crippen LogP contribution in [0.2, 0.25) is 5.02 Å². The summed E-state index contributed by atoms with van der Waals surface area (Å²) in [5.74, 6) is -0.620. The summed E-state index contributed by atoms with van der Waals surface area (Å²) in [6.07, 6.45) is 9.35. The van der Waals surface area contributed by atoms with Crippen molar-refractivity contribution in [2.75, 3.05) is 11.9 Å². The normalized spacial score (nSPS) is 13.6. The fourth-order valence-electron chi connectivity index (χ4n) is 3.02. The first kappa shape index (κ1) is 19.1. The first-order valence-corrected chi connectivity index (χ1v) is 9.49. The van der Waals surface area contributed by atoms with Crippen molar-refractivity contribution in [2.24, 2.45) is 0 Å². The number of amides is 2. The second-order valence-corrected chi connectivity index (χ2v) is 6.88. The molecule has 1 aromatic carbocycles. The van der Waals surface area contributed by atoms with Gasteiger partial charge in [0.15, 0.2) is 0 Å². The fourth-order valence-corrected chi connectivity index (χ4v) is 3.20. The third-order valence-corrected chi connectivity index (χ3v) is 4.82. The van der Waals surface area contributed by atoms with Crippen molar-refractivity contribution in [3.8, 4) is 0 Å². The number of halogens is 1. The van der Waals surface area contributed by atoms with E-state index in [-0.39, 0.29) is 11.6 Å². The summed E-state index contributed by atoms with van der Waals surface area (Å²) >= 11 is 6.05. The highest BCUT2D eigenvalue weighted by Gasteiger charge is 2.13. The SMILES string of the molecule is O=C(NCCC1=CCCCC1)c1ccnc(C(=O)Nc2ccccc2Cl)c1. The summed E-state index contributed by atoms with van der Waals surface area (Å²) in [4.78, 5) is 28.8. The van der Waals surface area contributed by atoms with Crippen LogP contribution >= 0.6 is 11.6 Å². The van der Waals surface area contributed by atoms with Crippen LogP contribution in [0.15, 0.2) is 54.2 Å². The Bertz CT molecular complexity index is 864. The number of hydrogen-bond donors (Lipinski definition) is 2. The molecule has 0 radical (unpaired) electrons. The topological polar surface area (TPSA) is 71.1 Å². The zero-order valence-corrected chi connectivity index (χ0v) is 15.8. The third kappa shape index (κ3) is 5.41. The molecule has 1 heterocycles. The Hall–Kier alpha value is -2.66. The van der Waals surface area contributed by atoms with E-state index in [1.807, 2.05) is 0 Å². The molecule has 2 aromatic rings. The van der Waals surface area contributed by atoms with Gasteiger partial charge in [0.05, 0.1) is 10.7 Å². The summed E-state index contributed by atoms with van der Waals surface area (Å²) in [6, 6.07) is 10.0. The first-order valence-electron chi connectivity index (χ1n) is 9.11. The number of rotatable bonds is 6. The molecule has 0 spiro atoms. The maximum Gasteiger partial charge on any atom is 0.274 e. The van der Waals surface area contributed by atoms with Crippen molar-refractivity contribution in [1.29, 1.82) is 0 Å². The summed E-state index contributed by atoms with van der Waals surface area (Å²) in [6.45, 7) is 0.591. The molecule has 0 aliphatic heterocycles. The van der Waals surface area contributed by atoms with Crippen LogP contribution in [0.5, 0.6) is 0 Å². The van der Waals surface area contributed by atoms with Gasteiger partial charge in [-0.15, -0.1) is 0 Å². The van der Waals surface area contributed by atoms with Crippen molar-refractivity contribution in [2.45, 2.75) is 32.1 Å². The zero-order valence-electron chi connectivity index (χ0n) is 15.0. The molecule has 0 unspecified atom stereocenters. The molecule has 1 aromatic heterocycles. The Morgan fingerprint density at radius 2 is 1.96 bits per heavy atom. The van der Waals surface area contributed by atoms with E-state index in [0.717, 1.165) is 19.3 Å². The number of hydrogen-bond acceptors (Lipinski definition) is 3. The number of nitrogens with one attached hydrogen (secondary N) is 2. The van der Waals surface area contributed by atoms with E-state index in [9.17, 15) is 9.59 Å². The van der Waals surface area contributed by atoms with Crippen LogP contribution in [0.3, 0.4) is 0 Å². The highest BCUT2D eigenvalue weighted by atomic mass is 35.5. The highest BCUT2D eigenvalue weighted by molar-refractivity contribution is 6.33. The first-order chi connectivity index (χ1) is 13.1. The molecule has 1 aliphatic carbocycles. The molecule has 27 heavy (non-hydrogen) atoms. The van der Waals surface area contributed by atoms with Gasteiger partial charge in [0.2, 0.25) is 0 Å². The second-order valence-electron chi connectivity index (χ2n) is 6.48. The lowest BCUT2D eigenvalue weighted by molar-refractivity contribution is 0.0954. The number of nitrogens with zero attached hydrogens (tertiary/aromatic N) is 1. The van der Waals surface area contributed by atoms with Gasteiger partial charge >= 0.3 is 0 Å². The van der Waals surface area contributed by atoms with Crippen LogP contribution in [-0.2, 0) is 0 Å². The minimum absolute atomic E-state index is 0.164. The van der Waals surface area contributed by atoms with Crippen molar-refractivity contribution in [3.05, 3.63) is 70.5 Å². The van der Waals surface area contributed by atoms with Gasteiger partial charge in [0.25, 0.3) is 11.8 Å². The van der Waals surface area contributed by atoms with Gasteiger partial charge in [-0.3, -0.25) is 14.6 Å². The number of benzene rings is 1. The lowest BCUT2D eigenvalue weighted by Crippen LogP contribution is -2.25. The number of carbonyl (C=O) groups excluding carboxylic acids is 2. The predicted octanol–water partition coefficient (Wildman–Crippen LogP) is 4.61. The van der Waals surface area contributed by atoms with Crippen molar-refractivity contribution in [1.82, 2.24) is 10.3 Å². The smallest absolute Gasteiger partial charge is 0.274 e. The standard InChI is InChI=1S/C21H22ClN3O2/c22-17-8-4-5-9-18(17)25-21(27)19-14-16(11-13-23-19)20(26)24-12-10-15-6-2-1-3-7-15/h4-6,8-9,11,13-14H,1-3,7,10,12H2,(H,24,26)(H,25,27). The molecular weight excluding hydrogens is 362 g/mol. The fraction of sp³-hybridized carbons (Fsp3) is 0.286. The number of anilines is 1. The minimum Gasteiger partial charge on any atom is -0.352 e. The molecule has 0 bridgehead atoms. The van der Waals surface area contributed by atoms with Gasteiger partial charge < -0.3 is 10.6 Å². The van der Waals surface area contributed by atoms with E-state index in [0.29, 0.717) is 22.8 Å². The molecular formula is C21H22ClN3O2. The van der Waals surface area contributed by atoms with Gasteiger partial charge in [0, 0.05) is 18.3 Å². The van der Waals surface area contributed by atoms with Crippen LogP contribution < -0.4 is 10.6 Å². The van der Waals surface area contributed by atoms with Gasteiger partial charge in [-0.1, -0.05) is 35.4 Å². The zero-order chi connectivity index (χ0) is 19.1. The van der Waals surface area contributed by atoms with E-state index in [2.05, 4.69) is 21.7 Å². The average Bonchev–Trinajstić information content (AvgIpc) is 2.70. The summed E-state index contributed by atoms with van der Waals surface area (Å²) in [5.41, 5.74) is 2.49. The highest BCUT2D eigenvalue weighted by Crippen LogP contribution is 2.21. The lowest BCUT2D eigenvalue weighted by atomic mass is 9.97. The maximum absolute atomic E-state index is 12.4. The van der Waals surface area contributed by atoms with E-state index in [1.165, 1.54) is 30.7 Å².